The first kappa shape index (κ1) is 11.8. The Morgan fingerprint density at radius 1 is 1.44 bits per heavy atom. The number of fused-ring (bicyclic) bond motifs is 3. The maximum atomic E-state index is 11.8. The Kier molecular flexibility index (Phi) is 3.12. The highest BCUT2D eigenvalue weighted by Gasteiger charge is 2.22. The van der Waals surface area contributed by atoms with Crippen LogP contribution < -0.4 is 0 Å². The lowest BCUT2D eigenvalue weighted by Crippen LogP contribution is -2.07. The van der Waals surface area contributed by atoms with Crippen LogP contribution in [0.1, 0.15) is 42.4 Å². The predicted octanol–water partition coefficient (Wildman–Crippen LogP) is 3.85. The molecule has 2 aromatic rings. The summed E-state index contributed by atoms with van der Waals surface area (Å²) in [5.41, 5.74) is 2.48. The van der Waals surface area contributed by atoms with Crippen LogP contribution in [0.15, 0.2) is 21.4 Å². The second kappa shape index (κ2) is 4.76. The molecule has 0 fully saturated rings. The summed E-state index contributed by atoms with van der Waals surface area (Å²) in [7, 11) is 0. The molecule has 0 spiro atoms. The van der Waals surface area contributed by atoms with E-state index in [4.69, 9.17) is 4.42 Å². The van der Waals surface area contributed by atoms with Gasteiger partial charge in [-0.2, -0.15) is 0 Å². The fourth-order valence-corrected chi connectivity index (χ4v) is 3.30. The highest BCUT2D eigenvalue weighted by molar-refractivity contribution is 7.99. The quantitative estimate of drug-likeness (QED) is 0.841. The van der Waals surface area contributed by atoms with E-state index in [0.29, 0.717) is 6.42 Å². The Balaban J connectivity index is 2.08. The fourth-order valence-electron chi connectivity index (χ4n) is 2.19. The van der Waals surface area contributed by atoms with Gasteiger partial charge in [-0.1, -0.05) is 13.3 Å². The second-order valence-electron chi connectivity index (χ2n) is 4.52. The molecule has 94 valence electrons. The summed E-state index contributed by atoms with van der Waals surface area (Å²) in [5, 5.41) is 0. The largest absolute Gasteiger partial charge is 0.439 e. The minimum absolute atomic E-state index is 0.220. The Morgan fingerprint density at radius 2 is 2.33 bits per heavy atom. The maximum Gasteiger partial charge on any atom is 0.195 e. The molecule has 0 saturated carbocycles. The van der Waals surface area contributed by atoms with E-state index in [1.807, 2.05) is 12.1 Å². The fraction of sp³-hybridized carbons (Fsp3) is 0.429. The summed E-state index contributed by atoms with van der Waals surface area (Å²) in [6.07, 6.45) is 3.71. The summed E-state index contributed by atoms with van der Waals surface area (Å²) in [5.74, 6) is 1.85. The molecule has 0 saturated heterocycles. The molecular formula is C14H15NO2S. The normalized spacial score (nSPS) is 15.1. The molecule has 3 nitrogen and oxygen atoms in total. The summed E-state index contributed by atoms with van der Waals surface area (Å²) in [4.78, 5) is 17.3. The van der Waals surface area contributed by atoms with Crippen LogP contribution in [0.5, 0.6) is 0 Å². The first-order chi connectivity index (χ1) is 8.79. The van der Waals surface area contributed by atoms with Crippen LogP contribution in [0, 0.1) is 0 Å². The number of hydrogen-bond donors (Lipinski definition) is 0. The first-order valence-corrected chi connectivity index (χ1v) is 7.36. The highest BCUT2D eigenvalue weighted by Crippen LogP contribution is 2.36. The molecule has 2 heterocycles. The molecule has 4 heteroatoms. The minimum atomic E-state index is 0.220. The van der Waals surface area contributed by atoms with Crippen molar-refractivity contribution < 1.29 is 9.21 Å². The van der Waals surface area contributed by atoms with Crippen LogP contribution in [-0.4, -0.2) is 16.5 Å². The van der Waals surface area contributed by atoms with Gasteiger partial charge in [-0.05, 0) is 18.6 Å². The van der Waals surface area contributed by atoms with Crippen molar-refractivity contribution in [1.82, 2.24) is 4.98 Å². The van der Waals surface area contributed by atoms with Gasteiger partial charge in [0.1, 0.15) is 5.52 Å². The third kappa shape index (κ3) is 1.94. The Hall–Kier alpha value is -1.29. The Bertz CT molecular complexity index is 603. The topological polar surface area (TPSA) is 43.1 Å². The smallest absolute Gasteiger partial charge is 0.195 e. The number of carbonyl (C=O) groups excluding carboxylic acids is 1. The van der Waals surface area contributed by atoms with Gasteiger partial charge in [0.15, 0.2) is 17.3 Å². The van der Waals surface area contributed by atoms with Gasteiger partial charge in [0, 0.05) is 24.2 Å². The Morgan fingerprint density at radius 3 is 3.17 bits per heavy atom. The summed E-state index contributed by atoms with van der Waals surface area (Å²) < 4.78 is 5.83. The molecule has 0 unspecified atom stereocenters. The van der Waals surface area contributed by atoms with Gasteiger partial charge in [-0.15, -0.1) is 11.8 Å². The van der Waals surface area contributed by atoms with Gasteiger partial charge in [0.05, 0.1) is 4.90 Å². The van der Waals surface area contributed by atoms with E-state index in [1.165, 1.54) is 0 Å². The second-order valence-corrected chi connectivity index (χ2v) is 5.63. The van der Waals surface area contributed by atoms with Crippen molar-refractivity contribution in [2.45, 2.75) is 37.5 Å². The highest BCUT2D eigenvalue weighted by atomic mass is 32.2. The van der Waals surface area contributed by atoms with Crippen molar-refractivity contribution in [3.63, 3.8) is 0 Å². The van der Waals surface area contributed by atoms with E-state index in [-0.39, 0.29) is 5.78 Å². The minimum Gasteiger partial charge on any atom is -0.439 e. The van der Waals surface area contributed by atoms with Gasteiger partial charge < -0.3 is 4.42 Å². The number of ketones is 1. The van der Waals surface area contributed by atoms with Crippen LogP contribution in [0.25, 0.3) is 11.1 Å². The van der Waals surface area contributed by atoms with Crippen molar-refractivity contribution in [1.29, 1.82) is 0 Å². The molecule has 1 aromatic heterocycles. The zero-order valence-corrected chi connectivity index (χ0v) is 11.2. The number of unbranched alkanes of at least 4 members (excludes halogenated alkanes) is 1. The molecule has 1 aliphatic heterocycles. The lowest BCUT2D eigenvalue weighted by atomic mass is 10.1. The zero-order chi connectivity index (χ0) is 12.5. The average molecular weight is 261 g/mol. The molecule has 0 atom stereocenters. The Labute approximate surface area is 110 Å². The zero-order valence-electron chi connectivity index (χ0n) is 10.4. The van der Waals surface area contributed by atoms with E-state index in [2.05, 4.69) is 11.9 Å². The van der Waals surface area contributed by atoms with Crippen LogP contribution in [-0.2, 0) is 6.42 Å². The third-order valence-electron chi connectivity index (χ3n) is 3.18. The first-order valence-electron chi connectivity index (χ1n) is 6.38. The van der Waals surface area contributed by atoms with Gasteiger partial charge in [0.25, 0.3) is 0 Å². The lowest BCUT2D eigenvalue weighted by molar-refractivity contribution is 0.0985. The van der Waals surface area contributed by atoms with Crippen LogP contribution >= 0.6 is 11.8 Å². The molecule has 0 radical (unpaired) electrons. The molecule has 3 rings (SSSR count). The van der Waals surface area contributed by atoms with Crippen molar-refractivity contribution >= 4 is 28.6 Å². The van der Waals surface area contributed by atoms with Crippen molar-refractivity contribution in [3.05, 3.63) is 23.6 Å². The van der Waals surface area contributed by atoms with Crippen molar-refractivity contribution in [2.75, 3.05) is 5.75 Å². The van der Waals surface area contributed by atoms with E-state index in [0.717, 1.165) is 52.5 Å². The molecule has 0 aliphatic carbocycles. The van der Waals surface area contributed by atoms with Gasteiger partial charge in [-0.25, -0.2) is 4.98 Å². The molecular weight excluding hydrogens is 246 g/mol. The maximum absolute atomic E-state index is 11.8. The van der Waals surface area contributed by atoms with Crippen LogP contribution in [0.2, 0.25) is 0 Å². The molecule has 0 amide bonds. The average Bonchev–Trinajstić information content (AvgIpc) is 2.80. The van der Waals surface area contributed by atoms with Gasteiger partial charge in [0.2, 0.25) is 0 Å². The monoisotopic (exact) mass is 261 g/mol. The third-order valence-corrected chi connectivity index (χ3v) is 4.28. The number of aryl methyl sites for hydroxylation is 1. The van der Waals surface area contributed by atoms with E-state index < -0.39 is 0 Å². The number of aromatic nitrogens is 1. The molecule has 18 heavy (non-hydrogen) atoms. The molecule has 0 bridgehead atoms. The van der Waals surface area contributed by atoms with E-state index in [9.17, 15) is 4.79 Å². The van der Waals surface area contributed by atoms with Crippen LogP contribution in [0.4, 0.5) is 0 Å². The number of thioether (sulfide) groups is 1. The number of benzene rings is 1. The molecule has 1 aromatic carbocycles. The van der Waals surface area contributed by atoms with Crippen LogP contribution in [0.3, 0.4) is 0 Å². The predicted molar refractivity (Wildman–Crippen MR) is 72.3 cm³/mol. The van der Waals surface area contributed by atoms with E-state index >= 15 is 0 Å². The van der Waals surface area contributed by atoms with Gasteiger partial charge in [-0.3, -0.25) is 4.79 Å². The summed E-state index contributed by atoms with van der Waals surface area (Å²) in [6, 6.07) is 3.79. The van der Waals surface area contributed by atoms with Gasteiger partial charge >= 0.3 is 0 Å². The number of hydrogen-bond acceptors (Lipinski definition) is 4. The van der Waals surface area contributed by atoms with E-state index in [1.54, 1.807) is 11.8 Å². The number of oxazole rings is 1. The van der Waals surface area contributed by atoms with Crippen molar-refractivity contribution in [3.8, 4) is 0 Å². The number of rotatable bonds is 3. The number of carbonyl (C=O) groups is 1. The summed E-state index contributed by atoms with van der Waals surface area (Å²) in [6.45, 7) is 2.15. The lowest BCUT2D eigenvalue weighted by Gasteiger charge is -2.13. The summed E-state index contributed by atoms with van der Waals surface area (Å²) >= 11 is 1.70. The number of nitrogens with zero attached hydrogens (tertiary/aromatic N) is 1. The van der Waals surface area contributed by atoms with Crippen molar-refractivity contribution in [2.24, 2.45) is 0 Å². The molecule has 1 aliphatic rings. The molecule has 0 N–H and O–H groups in total. The SMILES string of the molecule is CCCCc1nc2ccc3c(c2o1)SCCC3=O. The number of Topliss-reactive ketones (excluding diaryl/α,β-unsaturated/α-hetero) is 1. The standard InChI is InChI=1S/C14H15NO2S/c1-2-3-4-12-15-10-6-5-9-11(16)7-8-18-14(9)13(10)17-12/h5-6H,2-4,7-8H2,1H3.